The van der Waals surface area contributed by atoms with E-state index < -0.39 is 6.04 Å². The molecule has 2 aromatic rings. The number of nitrogens with one attached hydrogen (secondary N) is 1. The maximum Gasteiger partial charge on any atom is 0.261 e. The lowest BCUT2D eigenvalue weighted by Crippen LogP contribution is -2.48. The minimum absolute atomic E-state index is 0.0158. The first kappa shape index (κ1) is 16.7. The lowest BCUT2D eigenvalue weighted by molar-refractivity contribution is -0.124. The lowest BCUT2D eigenvalue weighted by Gasteiger charge is -2.36. The Labute approximate surface area is 145 Å². The summed E-state index contributed by atoms with van der Waals surface area (Å²) >= 11 is 1.44. The van der Waals surface area contributed by atoms with E-state index in [1.165, 1.54) is 11.3 Å². The number of hydrogen-bond donors (Lipinski definition) is 2. The van der Waals surface area contributed by atoms with E-state index in [9.17, 15) is 9.59 Å². The van der Waals surface area contributed by atoms with Gasteiger partial charge in [-0.05, 0) is 29.9 Å². The Kier molecular flexibility index (Phi) is 5.27. The summed E-state index contributed by atoms with van der Waals surface area (Å²) in [4.78, 5) is 26.9. The molecule has 5 nitrogen and oxygen atoms in total. The number of likely N-dealkylation sites (tertiary alicyclic amines) is 1. The fourth-order valence-corrected chi connectivity index (χ4v) is 3.78. The van der Waals surface area contributed by atoms with Crippen LogP contribution in [0.1, 0.15) is 34.1 Å². The molecule has 1 atom stereocenters. The number of carbonyl (C=O) groups is 2. The summed E-state index contributed by atoms with van der Waals surface area (Å²) in [6.45, 7) is 1.47. The highest BCUT2D eigenvalue weighted by molar-refractivity contribution is 7.12. The second-order valence-electron chi connectivity index (χ2n) is 5.98. The van der Waals surface area contributed by atoms with E-state index in [-0.39, 0.29) is 17.9 Å². The Hall–Kier alpha value is -2.18. The fourth-order valence-electron chi connectivity index (χ4n) is 3.16. The summed E-state index contributed by atoms with van der Waals surface area (Å²) in [5, 5.41) is 4.98. The van der Waals surface area contributed by atoms with Crippen molar-refractivity contribution in [1.29, 1.82) is 0 Å². The molecule has 6 heteroatoms. The van der Waals surface area contributed by atoms with Crippen molar-refractivity contribution < 1.29 is 9.59 Å². The smallest absolute Gasteiger partial charge is 0.261 e. The van der Waals surface area contributed by atoms with Gasteiger partial charge in [-0.1, -0.05) is 36.4 Å². The number of benzene rings is 1. The molecule has 1 aliphatic rings. The molecule has 3 rings (SSSR count). The SMILES string of the molecule is NC(=O)[C@H](c1ccccc1)N1CCC(NC(=O)c2cccs2)CC1. The maximum atomic E-state index is 12.1. The summed E-state index contributed by atoms with van der Waals surface area (Å²) in [6, 6.07) is 13.1. The Balaban J connectivity index is 1.59. The Bertz CT molecular complexity index is 680. The third-order valence-electron chi connectivity index (χ3n) is 4.36. The predicted octanol–water partition coefficient (Wildman–Crippen LogP) is 2.17. The number of amides is 2. The number of piperidine rings is 1. The van der Waals surface area contributed by atoms with Crippen LogP contribution in [0.15, 0.2) is 47.8 Å². The minimum atomic E-state index is -0.403. The molecular formula is C18H21N3O2S. The van der Waals surface area contributed by atoms with Crippen molar-refractivity contribution in [2.75, 3.05) is 13.1 Å². The number of nitrogens with two attached hydrogens (primary N) is 1. The molecule has 0 aliphatic carbocycles. The number of carbonyl (C=O) groups excluding carboxylic acids is 2. The highest BCUT2D eigenvalue weighted by Crippen LogP contribution is 2.24. The molecular weight excluding hydrogens is 322 g/mol. The van der Waals surface area contributed by atoms with Crippen LogP contribution in [-0.2, 0) is 4.79 Å². The van der Waals surface area contributed by atoms with E-state index >= 15 is 0 Å². The second kappa shape index (κ2) is 7.59. The second-order valence-corrected chi connectivity index (χ2v) is 6.92. The summed E-state index contributed by atoms with van der Waals surface area (Å²) in [5.74, 6) is -0.347. The number of nitrogens with zero attached hydrogens (tertiary/aromatic N) is 1. The molecule has 1 aromatic carbocycles. The largest absolute Gasteiger partial charge is 0.368 e. The molecule has 0 spiro atoms. The third kappa shape index (κ3) is 3.83. The molecule has 0 unspecified atom stereocenters. The summed E-state index contributed by atoms with van der Waals surface area (Å²) < 4.78 is 0. The molecule has 1 fully saturated rings. The van der Waals surface area contributed by atoms with Gasteiger partial charge in [0.05, 0.1) is 4.88 Å². The van der Waals surface area contributed by atoms with Gasteiger partial charge in [0.15, 0.2) is 0 Å². The zero-order chi connectivity index (χ0) is 16.9. The van der Waals surface area contributed by atoms with Crippen molar-refractivity contribution in [3.63, 3.8) is 0 Å². The molecule has 2 heterocycles. The normalized spacial score (nSPS) is 17.3. The molecule has 1 aliphatic heterocycles. The minimum Gasteiger partial charge on any atom is -0.368 e. The molecule has 0 bridgehead atoms. The number of hydrogen-bond acceptors (Lipinski definition) is 4. The quantitative estimate of drug-likeness (QED) is 0.874. The molecule has 1 aromatic heterocycles. The zero-order valence-corrected chi connectivity index (χ0v) is 14.2. The van der Waals surface area contributed by atoms with Crippen LogP contribution in [-0.4, -0.2) is 35.8 Å². The van der Waals surface area contributed by atoms with Gasteiger partial charge in [-0.2, -0.15) is 0 Å². The van der Waals surface area contributed by atoms with Crippen molar-refractivity contribution in [1.82, 2.24) is 10.2 Å². The zero-order valence-electron chi connectivity index (χ0n) is 13.4. The van der Waals surface area contributed by atoms with Gasteiger partial charge >= 0.3 is 0 Å². The molecule has 1 saturated heterocycles. The predicted molar refractivity (Wildman–Crippen MR) is 94.8 cm³/mol. The fraction of sp³-hybridized carbons (Fsp3) is 0.333. The van der Waals surface area contributed by atoms with Crippen molar-refractivity contribution in [2.45, 2.75) is 24.9 Å². The lowest BCUT2D eigenvalue weighted by atomic mass is 9.98. The van der Waals surface area contributed by atoms with Crippen LogP contribution in [0.2, 0.25) is 0 Å². The van der Waals surface area contributed by atoms with Crippen molar-refractivity contribution in [2.24, 2.45) is 5.73 Å². The first-order chi connectivity index (χ1) is 11.6. The number of primary amides is 1. The molecule has 0 saturated carbocycles. The average Bonchev–Trinajstić information content (AvgIpc) is 3.12. The first-order valence-electron chi connectivity index (χ1n) is 8.08. The molecule has 126 valence electrons. The summed E-state index contributed by atoms with van der Waals surface area (Å²) in [6.07, 6.45) is 1.63. The van der Waals surface area contributed by atoms with Crippen LogP contribution < -0.4 is 11.1 Å². The maximum absolute atomic E-state index is 12.1. The van der Waals surface area contributed by atoms with Gasteiger partial charge in [0.2, 0.25) is 5.91 Å². The van der Waals surface area contributed by atoms with Crippen molar-refractivity contribution >= 4 is 23.2 Å². The summed E-state index contributed by atoms with van der Waals surface area (Å²) in [7, 11) is 0. The van der Waals surface area contributed by atoms with Gasteiger partial charge in [0.25, 0.3) is 5.91 Å². The van der Waals surface area contributed by atoms with Crippen LogP contribution in [0.5, 0.6) is 0 Å². The van der Waals surface area contributed by atoms with Crippen LogP contribution >= 0.6 is 11.3 Å². The monoisotopic (exact) mass is 343 g/mol. The van der Waals surface area contributed by atoms with Gasteiger partial charge in [0, 0.05) is 19.1 Å². The van der Waals surface area contributed by atoms with Gasteiger partial charge in [-0.25, -0.2) is 0 Å². The van der Waals surface area contributed by atoms with Crippen LogP contribution in [0.3, 0.4) is 0 Å². The number of rotatable bonds is 5. The highest BCUT2D eigenvalue weighted by Gasteiger charge is 2.30. The van der Waals surface area contributed by atoms with Gasteiger partial charge in [0.1, 0.15) is 6.04 Å². The Morgan fingerprint density at radius 2 is 1.83 bits per heavy atom. The van der Waals surface area contributed by atoms with Gasteiger partial charge < -0.3 is 11.1 Å². The highest BCUT2D eigenvalue weighted by atomic mass is 32.1. The molecule has 2 amide bonds. The Morgan fingerprint density at radius 1 is 1.12 bits per heavy atom. The molecule has 3 N–H and O–H groups in total. The van der Waals surface area contributed by atoms with E-state index in [2.05, 4.69) is 10.2 Å². The molecule has 0 radical (unpaired) electrons. The van der Waals surface area contributed by atoms with E-state index in [4.69, 9.17) is 5.73 Å². The van der Waals surface area contributed by atoms with E-state index in [1.807, 2.05) is 47.8 Å². The molecule has 24 heavy (non-hydrogen) atoms. The summed E-state index contributed by atoms with van der Waals surface area (Å²) in [5.41, 5.74) is 6.55. The van der Waals surface area contributed by atoms with Crippen molar-refractivity contribution in [3.8, 4) is 0 Å². The first-order valence-corrected chi connectivity index (χ1v) is 8.96. The number of thiophene rings is 1. The van der Waals surface area contributed by atoms with E-state index in [0.717, 1.165) is 36.4 Å². The van der Waals surface area contributed by atoms with Crippen LogP contribution in [0.4, 0.5) is 0 Å². The van der Waals surface area contributed by atoms with E-state index in [1.54, 1.807) is 0 Å². The van der Waals surface area contributed by atoms with Crippen LogP contribution in [0, 0.1) is 0 Å². The van der Waals surface area contributed by atoms with Crippen LogP contribution in [0.25, 0.3) is 0 Å². The van der Waals surface area contributed by atoms with Gasteiger partial charge in [-0.3, -0.25) is 14.5 Å². The van der Waals surface area contributed by atoms with Crippen molar-refractivity contribution in [3.05, 3.63) is 58.3 Å². The Morgan fingerprint density at radius 3 is 2.42 bits per heavy atom. The standard InChI is InChI=1S/C18H21N3O2S/c19-17(22)16(13-5-2-1-3-6-13)21-10-8-14(9-11-21)20-18(23)15-7-4-12-24-15/h1-7,12,14,16H,8-11H2,(H2,19,22)(H,20,23)/t16-/m0/s1. The third-order valence-corrected chi connectivity index (χ3v) is 5.23. The van der Waals surface area contributed by atoms with E-state index in [0.29, 0.717) is 0 Å². The van der Waals surface area contributed by atoms with Gasteiger partial charge in [-0.15, -0.1) is 11.3 Å². The average molecular weight is 343 g/mol. The topological polar surface area (TPSA) is 75.4 Å².